The fourth-order valence-corrected chi connectivity index (χ4v) is 2.62. The van der Waals surface area contributed by atoms with Crippen LogP contribution in [0.1, 0.15) is 55.9 Å². The number of rotatable bonds is 6. The van der Waals surface area contributed by atoms with E-state index in [0.29, 0.717) is 12.8 Å². The van der Waals surface area contributed by atoms with Gasteiger partial charge in [0.05, 0.1) is 5.70 Å². The summed E-state index contributed by atoms with van der Waals surface area (Å²) in [5.41, 5.74) is 7.85. The molecule has 0 aliphatic carbocycles. The van der Waals surface area contributed by atoms with Crippen LogP contribution in [0.2, 0.25) is 0 Å². The lowest BCUT2D eigenvalue weighted by molar-refractivity contribution is -0.116. The van der Waals surface area contributed by atoms with E-state index in [1.54, 1.807) is 6.92 Å². The SMILES string of the molecule is CC(=O)CCC(C)=N/C(=C(\C)c1ccc(C)cc1)c1ccc(C)cc1. The van der Waals surface area contributed by atoms with E-state index in [-0.39, 0.29) is 5.78 Å². The van der Waals surface area contributed by atoms with Crippen molar-refractivity contribution in [2.24, 2.45) is 4.99 Å². The van der Waals surface area contributed by atoms with Crippen LogP contribution in [-0.4, -0.2) is 11.5 Å². The maximum absolute atomic E-state index is 11.3. The first kappa shape index (κ1) is 18.9. The predicted molar refractivity (Wildman–Crippen MR) is 108 cm³/mol. The summed E-state index contributed by atoms with van der Waals surface area (Å²) in [5.74, 6) is 0.200. The Labute approximate surface area is 151 Å². The summed E-state index contributed by atoms with van der Waals surface area (Å²) in [6.45, 7) is 9.91. The van der Waals surface area contributed by atoms with Crippen LogP contribution in [0.3, 0.4) is 0 Å². The minimum Gasteiger partial charge on any atom is -0.300 e. The summed E-state index contributed by atoms with van der Waals surface area (Å²) < 4.78 is 0. The lowest BCUT2D eigenvalue weighted by Gasteiger charge is -2.11. The van der Waals surface area contributed by atoms with Crippen LogP contribution in [0.25, 0.3) is 11.3 Å². The molecule has 2 aromatic carbocycles. The Morgan fingerprint density at radius 1 is 0.760 bits per heavy atom. The molecule has 0 atom stereocenters. The van der Waals surface area contributed by atoms with E-state index in [9.17, 15) is 4.79 Å². The minimum atomic E-state index is 0.200. The van der Waals surface area contributed by atoms with Crippen molar-refractivity contribution in [3.63, 3.8) is 0 Å². The van der Waals surface area contributed by atoms with E-state index >= 15 is 0 Å². The van der Waals surface area contributed by atoms with Crippen molar-refractivity contribution in [1.29, 1.82) is 0 Å². The molecular formula is C23H27NO. The molecule has 0 aliphatic rings. The summed E-state index contributed by atoms with van der Waals surface area (Å²) >= 11 is 0. The van der Waals surface area contributed by atoms with Gasteiger partial charge in [-0.15, -0.1) is 0 Å². The molecule has 0 amide bonds. The lowest BCUT2D eigenvalue weighted by Crippen LogP contribution is -1.99. The number of benzene rings is 2. The molecule has 0 aliphatic heterocycles. The molecule has 2 aromatic rings. The quantitative estimate of drug-likeness (QED) is 0.469. The molecule has 0 heterocycles. The highest BCUT2D eigenvalue weighted by Gasteiger charge is 2.09. The number of allylic oxidation sites excluding steroid dienone is 1. The van der Waals surface area contributed by atoms with Gasteiger partial charge in [-0.3, -0.25) is 4.99 Å². The Kier molecular flexibility index (Phi) is 6.46. The number of carbonyl (C=O) groups is 1. The third-order valence-electron chi connectivity index (χ3n) is 4.31. The van der Waals surface area contributed by atoms with Crippen molar-refractivity contribution >= 4 is 22.8 Å². The van der Waals surface area contributed by atoms with Gasteiger partial charge in [-0.05, 0) is 52.2 Å². The topological polar surface area (TPSA) is 29.4 Å². The average Bonchev–Trinajstić information content (AvgIpc) is 2.59. The zero-order valence-electron chi connectivity index (χ0n) is 15.9. The minimum absolute atomic E-state index is 0.200. The maximum atomic E-state index is 11.3. The van der Waals surface area contributed by atoms with Crippen LogP contribution in [0.5, 0.6) is 0 Å². The number of aryl methyl sites for hydroxylation is 2. The van der Waals surface area contributed by atoms with Crippen LogP contribution in [-0.2, 0) is 4.79 Å². The molecule has 0 unspecified atom stereocenters. The van der Waals surface area contributed by atoms with Gasteiger partial charge in [0.25, 0.3) is 0 Å². The number of carbonyl (C=O) groups excluding carboxylic acids is 1. The van der Waals surface area contributed by atoms with Gasteiger partial charge < -0.3 is 4.79 Å². The van der Waals surface area contributed by atoms with Crippen LogP contribution in [0, 0.1) is 13.8 Å². The summed E-state index contributed by atoms with van der Waals surface area (Å²) in [6, 6.07) is 17.0. The third-order valence-corrected chi connectivity index (χ3v) is 4.31. The van der Waals surface area contributed by atoms with Crippen LogP contribution < -0.4 is 0 Å². The lowest BCUT2D eigenvalue weighted by atomic mass is 9.99. The second-order valence-corrected chi connectivity index (χ2v) is 6.75. The number of aliphatic imine (C=N–C) groups is 1. The number of hydrogen-bond donors (Lipinski definition) is 0. The van der Waals surface area contributed by atoms with Crippen molar-refractivity contribution in [3.05, 3.63) is 70.8 Å². The summed E-state index contributed by atoms with van der Waals surface area (Å²) in [7, 11) is 0. The highest BCUT2D eigenvalue weighted by Crippen LogP contribution is 2.28. The average molecular weight is 333 g/mol. The number of ketones is 1. The van der Waals surface area contributed by atoms with Gasteiger partial charge in [-0.25, -0.2) is 0 Å². The van der Waals surface area contributed by atoms with E-state index in [1.165, 1.54) is 16.7 Å². The molecule has 0 radical (unpaired) electrons. The van der Waals surface area contributed by atoms with Gasteiger partial charge in [0.2, 0.25) is 0 Å². The molecule has 2 rings (SSSR count). The van der Waals surface area contributed by atoms with E-state index in [0.717, 1.165) is 22.5 Å². The molecule has 0 fully saturated rings. The molecule has 2 nitrogen and oxygen atoms in total. The summed E-state index contributed by atoms with van der Waals surface area (Å²) in [5, 5.41) is 0. The van der Waals surface area contributed by atoms with Gasteiger partial charge in [0.15, 0.2) is 0 Å². The molecule has 2 heteroatoms. The molecule has 0 saturated carbocycles. The fraction of sp³-hybridized carbons (Fsp3) is 0.304. The fourth-order valence-electron chi connectivity index (χ4n) is 2.62. The molecule has 25 heavy (non-hydrogen) atoms. The predicted octanol–water partition coefficient (Wildman–Crippen LogP) is 6.02. The first-order valence-corrected chi connectivity index (χ1v) is 8.75. The number of nitrogens with zero attached hydrogens (tertiary/aromatic N) is 1. The second-order valence-electron chi connectivity index (χ2n) is 6.75. The van der Waals surface area contributed by atoms with E-state index < -0.39 is 0 Å². The van der Waals surface area contributed by atoms with Gasteiger partial charge in [0.1, 0.15) is 5.78 Å². The Balaban J connectivity index is 2.49. The van der Waals surface area contributed by atoms with E-state index in [2.05, 4.69) is 69.3 Å². The van der Waals surface area contributed by atoms with E-state index in [4.69, 9.17) is 4.99 Å². The zero-order chi connectivity index (χ0) is 18.4. The molecular weight excluding hydrogens is 306 g/mol. The first-order valence-electron chi connectivity index (χ1n) is 8.75. The van der Waals surface area contributed by atoms with Crippen LogP contribution in [0.4, 0.5) is 0 Å². The standard InChI is InChI=1S/C23H27NO/c1-16-6-12-21(13-7-16)20(5)23(22-14-8-17(2)9-15-22)24-18(3)10-11-19(4)25/h6-9,12-15H,10-11H2,1-5H3/b23-20+,24-18?. The normalized spacial score (nSPS) is 12.8. The molecule has 0 saturated heterocycles. The van der Waals surface area contributed by atoms with Gasteiger partial charge in [-0.1, -0.05) is 59.7 Å². The number of hydrogen-bond acceptors (Lipinski definition) is 2. The molecule has 0 aromatic heterocycles. The van der Waals surface area contributed by atoms with Crippen molar-refractivity contribution in [3.8, 4) is 0 Å². The Morgan fingerprint density at radius 3 is 1.72 bits per heavy atom. The molecule has 130 valence electrons. The molecule has 0 spiro atoms. The van der Waals surface area contributed by atoms with Gasteiger partial charge >= 0.3 is 0 Å². The molecule has 0 N–H and O–H groups in total. The van der Waals surface area contributed by atoms with E-state index in [1.807, 2.05) is 6.92 Å². The largest absolute Gasteiger partial charge is 0.300 e. The maximum Gasteiger partial charge on any atom is 0.130 e. The summed E-state index contributed by atoms with van der Waals surface area (Å²) in [6.07, 6.45) is 1.24. The first-order chi connectivity index (χ1) is 11.9. The highest BCUT2D eigenvalue weighted by atomic mass is 16.1. The Hall–Kier alpha value is -2.48. The van der Waals surface area contributed by atoms with Crippen LogP contribution in [0.15, 0.2) is 53.5 Å². The van der Waals surface area contributed by atoms with Crippen LogP contribution >= 0.6 is 0 Å². The van der Waals surface area contributed by atoms with Crippen molar-refractivity contribution in [2.75, 3.05) is 0 Å². The van der Waals surface area contributed by atoms with Gasteiger partial charge in [-0.2, -0.15) is 0 Å². The van der Waals surface area contributed by atoms with Crippen molar-refractivity contribution < 1.29 is 4.79 Å². The summed E-state index contributed by atoms with van der Waals surface area (Å²) in [4.78, 5) is 16.2. The Morgan fingerprint density at radius 2 is 1.24 bits per heavy atom. The van der Waals surface area contributed by atoms with Crippen molar-refractivity contribution in [2.45, 2.75) is 47.5 Å². The zero-order valence-corrected chi connectivity index (χ0v) is 15.9. The third kappa shape index (κ3) is 5.53. The monoisotopic (exact) mass is 333 g/mol. The number of Topliss-reactive ketones (excluding diaryl/α,β-unsaturated/α-hetero) is 1. The molecule has 0 bridgehead atoms. The van der Waals surface area contributed by atoms with Crippen molar-refractivity contribution in [1.82, 2.24) is 0 Å². The second kappa shape index (κ2) is 8.57. The van der Waals surface area contributed by atoms with Gasteiger partial charge in [0, 0.05) is 17.7 Å². The Bertz CT molecular complexity index is 793. The smallest absolute Gasteiger partial charge is 0.130 e. The highest BCUT2D eigenvalue weighted by molar-refractivity contribution is 5.97.